The van der Waals surface area contributed by atoms with Crippen LogP contribution in [-0.2, 0) is 0 Å². The van der Waals surface area contributed by atoms with Gasteiger partial charge in [-0.2, -0.15) is 4.98 Å². The molecule has 0 saturated heterocycles. The number of ether oxygens (including phenoxy) is 1. The first kappa shape index (κ1) is 20.5. The number of anilines is 1. The molecule has 0 unspecified atom stereocenters. The van der Waals surface area contributed by atoms with Crippen LogP contribution >= 0.6 is 0 Å². The van der Waals surface area contributed by atoms with E-state index in [2.05, 4.69) is 51.9 Å². The summed E-state index contributed by atoms with van der Waals surface area (Å²) < 4.78 is 8.27. The number of hydrogen-bond donors (Lipinski definition) is 1. The van der Waals surface area contributed by atoms with Crippen LogP contribution in [0, 0.1) is 0 Å². The van der Waals surface area contributed by atoms with E-state index in [1.54, 1.807) is 0 Å². The molecule has 6 nitrogen and oxygen atoms in total. The minimum atomic E-state index is 0.317. The maximum atomic E-state index is 5.97. The standard InChI is InChI=1S/C26H29N5O/c1-30(2)19-10-12-20(13-11-19)31-17-24(23-16-28-26(27)29-25(23)31)18-8-14-22(15-9-18)32-21-6-4-3-5-7-21/h3-9,14-17,19-20H,10-13H2,1-2H3,(H2,27,28,29). The molecule has 1 aliphatic rings. The Labute approximate surface area is 188 Å². The van der Waals surface area contributed by atoms with Crippen LogP contribution in [0.15, 0.2) is 67.0 Å². The fraction of sp³-hybridized carbons (Fsp3) is 0.308. The number of fused-ring (bicyclic) bond motifs is 1. The van der Waals surface area contributed by atoms with Gasteiger partial charge in [0.05, 0.1) is 0 Å². The van der Waals surface area contributed by atoms with Gasteiger partial charge in [-0.1, -0.05) is 30.3 Å². The van der Waals surface area contributed by atoms with E-state index in [-0.39, 0.29) is 0 Å². The third kappa shape index (κ3) is 4.06. The van der Waals surface area contributed by atoms with E-state index in [0.717, 1.165) is 46.5 Å². The Balaban J connectivity index is 1.46. The number of hydrogen-bond acceptors (Lipinski definition) is 5. The normalized spacial score (nSPS) is 18.8. The Bertz CT molecular complexity index is 1190. The zero-order chi connectivity index (χ0) is 22.1. The van der Waals surface area contributed by atoms with Crippen LogP contribution in [0.1, 0.15) is 31.7 Å². The predicted molar refractivity (Wildman–Crippen MR) is 129 cm³/mol. The number of nitrogens with two attached hydrogens (primary N) is 1. The first-order valence-electron chi connectivity index (χ1n) is 11.2. The molecule has 2 aromatic heterocycles. The average Bonchev–Trinajstić information content (AvgIpc) is 3.19. The van der Waals surface area contributed by atoms with Gasteiger partial charge in [0.25, 0.3) is 0 Å². The Kier molecular flexibility index (Phi) is 5.53. The molecule has 2 N–H and O–H groups in total. The molecule has 0 atom stereocenters. The Morgan fingerprint density at radius 1 is 0.938 bits per heavy atom. The zero-order valence-electron chi connectivity index (χ0n) is 18.6. The number of rotatable bonds is 5. The van der Waals surface area contributed by atoms with E-state index in [1.165, 1.54) is 12.8 Å². The summed E-state index contributed by atoms with van der Waals surface area (Å²) in [6.45, 7) is 0. The highest BCUT2D eigenvalue weighted by atomic mass is 16.5. The summed E-state index contributed by atoms with van der Waals surface area (Å²) in [6, 6.07) is 19.1. The van der Waals surface area contributed by atoms with Crippen molar-refractivity contribution in [3.8, 4) is 22.6 Å². The van der Waals surface area contributed by atoms with Gasteiger partial charge in [-0.25, -0.2) is 4.98 Å². The lowest BCUT2D eigenvalue weighted by Crippen LogP contribution is -2.32. The van der Waals surface area contributed by atoms with Gasteiger partial charge in [0.1, 0.15) is 17.1 Å². The Morgan fingerprint density at radius 3 is 2.31 bits per heavy atom. The van der Waals surface area contributed by atoms with E-state index >= 15 is 0 Å². The van der Waals surface area contributed by atoms with Gasteiger partial charge in [-0.05, 0) is 69.6 Å². The van der Waals surface area contributed by atoms with Crippen LogP contribution in [0.5, 0.6) is 11.5 Å². The highest BCUT2D eigenvalue weighted by Gasteiger charge is 2.26. The second-order valence-corrected chi connectivity index (χ2v) is 8.78. The molecular weight excluding hydrogens is 398 g/mol. The van der Waals surface area contributed by atoms with Crippen molar-refractivity contribution in [3.05, 3.63) is 67.0 Å². The van der Waals surface area contributed by atoms with Crippen molar-refractivity contribution < 1.29 is 4.74 Å². The van der Waals surface area contributed by atoms with Crippen LogP contribution in [0.25, 0.3) is 22.2 Å². The van der Waals surface area contributed by atoms with E-state index in [0.29, 0.717) is 18.0 Å². The van der Waals surface area contributed by atoms with Crippen LogP contribution in [0.3, 0.4) is 0 Å². The molecule has 1 saturated carbocycles. The second-order valence-electron chi connectivity index (χ2n) is 8.78. The lowest BCUT2D eigenvalue weighted by Gasteiger charge is -2.33. The van der Waals surface area contributed by atoms with Crippen molar-refractivity contribution in [3.63, 3.8) is 0 Å². The third-order valence-corrected chi connectivity index (χ3v) is 6.52. The molecule has 1 aliphatic carbocycles. The summed E-state index contributed by atoms with van der Waals surface area (Å²) >= 11 is 0. The number of para-hydroxylation sites is 1. The SMILES string of the molecule is CN(C)C1CCC(n2cc(-c3ccc(Oc4ccccc4)cc3)c3cnc(N)nc32)CC1. The molecule has 164 valence electrons. The van der Waals surface area contributed by atoms with Crippen LogP contribution in [0.2, 0.25) is 0 Å². The van der Waals surface area contributed by atoms with Crippen molar-refractivity contribution in [1.82, 2.24) is 19.4 Å². The molecule has 2 heterocycles. The smallest absolute Gasteiger partial charge is 0.221 e. The fourth-order valence-corrected chi connectivity index (χ4v) is 4.73. The molecule has 1 fully saturated rings. The van der Waals surface area contributed by atoms with E-state index in [9.17, 15) is 0 Å². The van der Waals surface area contributed by atoms with Crippen LogP contribution in [-0.4, -0.2) is 39.6 Å². The average molecular weight is 428 g/mol. The quantitative estimate of drug-likeness (QED) is 0.454. The van der Waals surface area contributed by atoms with Crippen molar-refractivity contribution in [2.24, 2.45) is 0 Å². The molecule has 0 bridgehead atoms. The summed E-state index contributed by atoms with van der Waals surface area (Å²) in [5.41, 5.74) is 9.13. The van der Waals surface area contributed by atoms with Crippen molar-refractivity contribution in [2.45, 2.75) is 37.8 Å². The molecule has 5 rings (SSSR count). The highest BCUT2D eigenvalue weighted by molar-refractivity contribution is 5.94. The topological polar surface area (TPSA) is 69.2 Å². The second kappa shape index (κ2) is 8.63. The largest absolute Gasteiger partial charge is 0.457 e. The molecule has 0 amide bonds. The Morgan fingerprint density at radius 2 is 1.62 bits per heavy atom. The monoisotopic (exact) mass is 427 g/mol. The van der Waals surface area contributed by atoms with E-state index < -0.39 is 0 Å². The van der Waals surface area contributed by atoms with E-state index in [4.69, 9.17) is 10.5 Å². The van der Waals surface area contributed by atoms with Gasteiger partial charge in [0.2, 0.25) is 5.95 Å². The number of benzene rings is 2. The maximum Gasteiger partial charge on any atom is 0.221 e. The summed E-state index contributed by atoms with van der Waals surface area (Å²) in [7, 11) is 4.35. The minimum Gasteiger partial charge on any atom is -0.457 e. The molecule has 0 aliphatic heterocycles. The minimum absolute atomic E-state index is 0.317. The van der Waals surface area contributed by atoms with Gasteiger partial charge >= 0.3 is 0 Å². The number of aromatic nitrogens is 3. The van der Waals surface area contributed by atoms with Crippen molar-refractivity contribution in [1.29, 1.82) is 0 Å². The summed E-state index contributed by atoms with van der Waals surface area (Å²) in [5.74, 6) is 1.96. The van der Waals surface area contributed by atoms with Gasteiger partial charge < -0.3 is 19.9 Å². The van der Waals surface area contributed by atoms with E-state index in [1.807, 2.05) is 48.7 Å². The molecule has 32 heavy (non-hydrogen) atoms. The fourth-order valence-electron chi connectivity index (χ4n) is 4.73. The summed E-state index contributed by atoms with van der Waals surface area (Å²) in [4.78, 5) is 11.2. The predicted octanol–water partition coefficient (Wildman–Crippen LogP) is 5.52. The van der Waals surface area contributed by atoms with Gasteiger partial charge in [-0.3, -0.25) is 0 Å². The van der Waals surface area contributed by atoms with Crippen molar-refractivity contribution in [2.75, 3.05) is 19.8 Å². The Hall–Kier alpha value is -3.38. The molecule has 6 heteroatoms. The summed E-state index contributed by atoms with van der Waals surface area (Å²) in [6.07, 6.45) is 8.74. The molecule has 2 aromatic carbocycles. The number of nitrogens with zero attached hydrogens (tertiary/aromatic N) is 4. The molecular formula is C26H29N5O. The highest BCUT2D eigenvalue weighted by Crippen LogP contribution is 2.37. The van der Waals surface area contributed by atoms with Crippen LogP contribution in [0.4, 0.5) is 5.95 Å². The molecule has 0 radical (unpaired) electrons. The summed E-state index contributed by atoms with van der Waals surface area (Å²) in [5, 5.41) is 1.03. The molecule has 4 aromatic rings. The lowest BCUT2D eigenvalue weighted by atomic mass is 9.90. The molecule has 0 spiro atoms. The van der Waals surface area contributed by atoms with Gasteiger partial charge in [-0.15, -0.1) is 0 Å². The van der Waals surface area contributed by atoms with Crippen molar-refractivity contribution >= 4 is 17.0 Å². The van der Waals surface area contributed by atoms with Crippen LogP contribution < -0.4 is 10.5 Å². The number of nitrogen functional groups attached to an aromatic ring is 1. The first-order valence-corrected chi connectivity index (χ1v) is 11.2. The van der Waals surface area contributed by atoms with Gasteiger partial charge in [0.15, 0.2) is 0 Å². The van der Waals surface area contributed by atoms with Gasteiger partial charge in [0, 0.05) is 35.4 Å². The maximum absolute atomic E-state index is 5.97. The lowest BCUT2D eigenvalue weighted by molar-refractivity contribution is 0.197. The zero-order valence-corrected chi connectivity index (χ0v) is 18.6. The first-order chi connectivity index (χ1) is 15.6. The third-order valence-electron chi connectivity index (χ3n) is 6.52.